The smallest absolute Gasteiger partial charge is 0.323 e. The summed E-state index contributed by atoms with van der Waals surface area (Å²) in [6.07, 6.45) is -0.0253. The van der Waals surface area contributed by atoms with Crippen LogP contribution in [-0.4, -0.2) is 21.1 Å². The van der Waals surface area contributed by atoms with Crippen molar-refractivity contribution in [3.8, 4) is 6.01 Å². The molecule has 2 aromatic rings. The molecule has 2 rings (SSSR count). The molecule has 112 valence electrons. The number of anilines is 2. The molecule has 0 fully saturated rings. The zero-order valence-electron chi connectivity index (χ0n) is 12.4. The van der Waals surface area contributed by atoms with Crippen molar-refractivity contribution in [3.63, 3.8) is 0 Å². The number of benzene rings is 1. The number of nitrogens with zero attached hydrogens (tertiary/aromatic N) is 3. The Kier molecular flexibility index (Phi) is 4.89. The van der Waals surface area contributed by atoms with Crippen LogP contribution < -0.4 is 21.3 Å². The van der Waals surface area contributed by atoms with Crippen molar-refractivity contribution in [2.24, 2.45) is 5.84 Å². The number of hydrazine groups is 1. The van der Waals surface area contributed by atoms with Gasteiger partial charge in [-0.15, -0.1) is 0 Å². The third kappa shape index (κ3) is 4.57. The van der Waals surface area contributed by atoms with Gasteiger partial charge >= 0.3 is 6.01 Å². The van der Waals surface area contributed by atoms with E-state index >= 15 is 0 Å². The van der Waals surface area contributed by atoms with Crippen molar-refractivity contribution in [3.05, 3.63) is 35.4 Å². The van der Waals surface area contributed by atoms with Crippen molar-refractivity contribution >= 4 is 11.9 Å². The Hall–Kier alpha value is -2.41. The first-order valence-electron chi connectivity index (χ1n) is 6.75. The molecule has 0 spiro atoms. The summed E-state index contributed by atoms with van der Waals surface area (Å²) in [6.45, 7) is 6.46. The van der Waals surface area contributed by atoms with Crippen LogP contribution in [0.1, 0.15) is 25.0 Å². The minimum absolute atomic E-state index is 0.0253. The lowest BCUT2D eigenvalue weighted by Crippen LogP contribution is -2.16. The van der Waals surface area contributed by atoms with Gasteiger partial charge in [-0.05, 0) is 26.3 Å². The average Bonchev–Trinajstić information content (AvgIpc) is 2.44. The summed E-state index contributed by atoms with van der Waals surface area (Å²) in [5.41, 5.74) is 4.76. The molecule has 0 unspecified atom stereocenters. The van der Waals surface area contributed by atoms with E-state index in [9.17, 15) is 0 Å². The monoisotopic (exact) mass is 288 g/mol. The number of aromatic nitrogens is 3. The van der Waals surface area contributed by atoms with Gasteiger partial charge in [-0.1, -0.05) is 29.8 Å². The minimum atomic E-state index is -0.0253. The van der Waals surface area contributed by atoms with Crippen molar-refractivity contribution in [1.82, 2.24) is 15.0 Å². The quantitative estimate of drug-likeness (QED) is 0.551. The fraction of sp³-hybridized carbons (Fsp3) is 0.357. The van der Waals surface area contributed by atoms with Crippen LogP contribution in [0.2, 0.25) is 0 Å². The highest BCUT2D eigenvalue weighted by Crippen LogP contribution is 2.13. The molecule has 4 N–H and O–H groups in total. The van der Waals surface area contributed by atoms with Gasteiger partial charge in [0.05, 0.1) is 6.10 Å². The van der Waals surface area contributed by atoms with Crippen LogP contribution in [0.5, 0.6) is 6.01 Å². The van der Waals surface area contributed by atoms with Crippen LogP contribution in [0.15, 0.2) is 24.3 Å². The van der Waals surface area contributed by atoms with Gasteiger partial charge in [-0.3, -0.25) is 5.43 Å². The summed E-state index contributed by atoms with van der Waals surface area (Å²) in [7, 11) is 0. The first-order chi connectivity index (χ1) is 10.1. The Morgan fingerprint density at radius 3 is 2.62 bits per heavy atom. The number of nitrogens with two attached hydrogens (primary N) is 1. The van der Waals surface area contributed by atoms with Gasteiger partial charge in [0.1, 0.15) is 0 Å². The molecule has 0 saturated carbocycles. The van der Waals surface area contributed by atoms with Gasteiger partial charge in [0, 0.05) is 6.54 Å². The standard InChI is InChI=1S/C14H20N6O/c1-9(2)21-14-18-12(17-13(19-14)20-15)16-8-11-6-4-5-10(3)7-11/h4-7,9H,8,15H2,1-3H3,(H2,16,17,18,19,20). The molecule has 0 aliphatic carbocycles. The second kappa shape index (κ2) is 6.85. The van der Waals surface area contributed by atoms with Gasteiger partial charge in [-0.25, -0.2) is 5.84 Å². The van der Waals surface area contributed by atoms with Crippen molar-refractivity contribution < 1.29 is 4.74 Å². The van der Waals surface area contributed by atoms with E-state index in [4.69, 9.17) is 10.6 Å². The predicted molar refractivity (Wildman–Crippen MR) is 81.9 cm³/mol. The Labute approximate surface area is 123 Å². The molecule has 0 aliphatic heterocycles. The van der Waals surface area contributed by atoms with E-state index in [-0.39, 0.29) is 18.1 Å². The van der Waals surface area contributed by atoms with Crippen molar-refractivity contribution in [2.45, 2.75) is 33.4 Å². The molecule has 7 nitrogen and oxygen atoms in total. The van der Waals surface area contributed by atoms with Crippen LogP contribution in [0.25, 0.3) is 0 Å². The van der Waals surface area contributed by atoms with Crippen molar-refractivity contribution in [2.75, 3.05) is 10.7 Å². The molecule has 1 heterocycles. The predicted octanol–water partition coefficient (Wildman–Crippen LogP) is 1.86. The highest BCUT2D eigenvalue weighted by molar-refractivity contribution is 5.36. The Morgan fingerprint density at radius 2 is 1.95 bits per heavy atom. The molecule has 1 aromatic heterocycles. The molecular weight excluding hydrogens is 268 g/mol. The molecule has 0 atom stereocenters. The fourth-order valence-corrected chi connectivity index (χ4v) is 1.77. The maximum absolute atomic E-state index is 5.47. The Bertz CT molecular complexity index is 602. The van der Waals surface area contributed by atoms with E-state index < -0.39 is 0 Å². The summed E-state index contributed by atoms with van der Waals surface area (Å²) in [5, 5.41) is 3.14. The summed E-state index contributed by atoms with van der Waals surface area (Å²) >= 11 is 0. The van der Waals surface area contributed by atoms with Gasteiger partial charge in [0.25, 0.3) is 0 Å². The van der Waals surface area contributed by atoms with Crippen LogP contribution in [0.4, 0.5) is 11.9 Å². The zero-order valence-corrected chi connectivity index (χ0v) is 12.4. The second-order valence-corrected chi connectivity index (χ2v) is 4.92. The number of ether oxygens (including phenoxy) is 1. The molecule has 0 saturated heterocycles. The molecule has 21 heavy (non-hydrogen) atoms. The van der Waals surface area contributed by atoms with Gasteiger partial charge < -0.3 is 10.1 Å². The largest absolute Gasteiger partial charge is 0.461 e. The van der Waals surface area contributed by atoms with E-state index in [0.29, 0.717) is 12.5 Å². The van der Waals surface area contributed by atoms with E-state index in [2.05, 4.69) is 44.8 Å². The van der Waals surface area contributed by atoms with Gasteiger partial charge in [0.2, 0.25) is 11.9 Å². The number of rotatable bonds is 6. The number of nitrogen functional groups attached to an aromatic ring is 1. The first-order valence-corrected chi connectivity index (χ1v) is 6.75. The highest BCUT2D eigenvalue weighted by atomic mass is 16.5. The summed E-state index contributed by atoms with van der Waals surface area (Å²) in [5.74, 6) is 6.03. The summed E-state index contributed by atoms with van der Waals surface area (Å²) < 4.78 is 5.47. The molecule has 0 bridgehead atoms. The summed E-state index contributed by atoms with van der Waals surface area (Å²) in [4.78, 5) is 12.4. The lowest BCUT2D eigenvalue weighted by molar-refractivity contribution is 0.222. The number of hydrogen-bond donors (Lipinski definition) is 3. The van der Waals surface area contributed by atoms with E-state index in [1.807, 2.05) is 26.0 Å². The van der Waals surface area contributed by atoms with Gasteiger partial charge in [0.15, 0.2) is 0 Å². The lowest BCUT2D eigenvalue weighted by Gasteiger charge is -2.11. The van der Waals surface area contributed by atoms with E-state index in [1.165, 1.54) is 5.56 Å². The highest BCUT2D eigenvalue weighted by Gasteiger charge is 2.08. The molecule has 0 aliphatic rings. The van der Waals surface area contributed by atoms with Crippen LogP contribution in [-0.2, 0) is 6.54 Å². The number of hydrogen-bond acceptors (Lipinski definition) is 7. The topological polar surface area (TPSA) is 98.0 Å². The molecule has 0 amide bonds. The molecule has 0 radical (unpaired) electrons. The fourth-order valence-electron chi connectivity index (χ4n) is 1.77. The Morgan fingerprint density at radius 1 is 1.19 bits per heavy atom. The maximum Gasteiger partial charge on any atom is 0.323 e. The van der Waals surface area contributed by atoms with Crippen molar-refractivity contribution in [1.29, 1.82) is 0 Å². The van der Waals surface area contributed by atoms with Gasteiger partial charge in [-0.2, -0.15) is 15.0 Å². The third-order valence-corrected chi connectivity index (χ3v) is 2.62. The number of nitrogens with one attached hydrogen (secondary N) is 2. The second-order valence-electron chi connectivity index (χ2n) is 4.92. The lowest BCUT2D eigenvalue weighted by atomic mass is 10.1. The van der Waals surface area contributed by atoms with E-state index in [0.717, 1.165) is 5.56 Å². The van der Waals surface area contributed by atoms with Crippen LogP contribution in [0.3, 0.4) is 0 Å². The van der Waals surface area contributed by atoms with Crippen LogP contribution >= 0.6 is 0 Å². The minimum Gasteiger partial charge on any atom is -0.461 e. The first kappa shape index (κ1) is 15.0. The molecular formula is C14H20N6O. The third-order valence-electron chi connectivity index (χ3n) is 2.62. The normalized spacial score (nSPS) is 10.5. The average molecular weight is 288 g/mol. The van der Waals surface area contributed by atoms with E-state index in [1.54, 1.807) is 0 Å². The maximum atomic E-state index is 5.47. The SMILES string of the molecule is Cc1cccc(CNc2nc(NN)nc(OC(C)C)n2)c1. The number of aryl methyl sites for hydroxylation is 1. The Balaban J connectivity index is 2.11. The molecule has 1 aromatic carbocycles. The van der Waals surface area contributed by atoms with Crippen LogP contribution in [0, 0.1) is 6.92 Å². The zero-order chi connectivity index (χ0) is 15.2. The molecule has 7 heteroatoms. The summed E-state index contributed by atoms with van der Waals surface area (Å²) in [6, 6.07) is 8.44.